The van der Waals surface area contributed by atoms with Crippen molar-refractivity contribution in [3.63, 3.8) is 0 Å². The highest BCUT2D eigenvalue weighted by molar-refractivity contribution is 7.10. The summed E-state index contributed by atoms with van der Waals surface area (Å²) in [4.78, 5) is 25.2. The molecule has 5 heteroatoms. The zero-order valence-corrected chi connectivity index (χ0v) is 12.9. The van der Waals surface area contributed by atoms with Gasteiger partial charge in [0, 0.05) is 10.3 Å². The second-order valence-electron chi connectivity index (χ2n) is 5.41. The summed E-state index contributed by atoms with van der Waals surface area (Å²) >= 11 is 1.60. The summed E-state index contributed by atoms with van der Waals surface area (Å²) in [5.74, 6) is -1.35. The number of benzene rings is 1. The van der Waals surface area contributed by atoms with Crippen LogP contribution in [0.1, 0.15) is 45.2 Å². The topological polar surface area (TPSA) is 66.4 Å². The van der Waals surface area contributed by atoms with E-state index in [0.29, 0.717) is 11.1 Å². The summed E-state index contributed by atoms with van der Waals surface area (Å²) in [7, 11) is 0. The quantitative estimate of drug-likeness (QED) is 0.910. The van der Waals surface area contributed by atoms with Crippen LogP contribution in [0.5, 0.6) is 0 Å². The average Bonchev–Trinajstić information content (AvgIpc) is 2.97. The molecule has 0 bridgehead atoms. The molecular formula is C17H17NO3S. The van der Waals surface area contributed by atoms with Crippen molar-refractivity contribution in [2.24, 2.45) is 0 Å². The summed E-state index contributed by atoms with van der Waals surface area (Å²) < 4.78 is 0. The Hall–Kier alpha value is -2.14. The van der Waals surface area contributed by atoms with Gasteiger partial charge in [-0.25, -0.2) is 4.79 Å². The lowest BCUT2D eigenvalue weighted by atomic mass is 9.95. The SMILES string of the molecule is O=C(N[C@H](C(=O)O)c1ccccc1)c1csc2c1CCCC2. The lowest BCUT2D eigenvalue weighted by Crippen LogP contribution is -2.34. The summed E-state index contributed by atoms with van der Waals surface area (Å²) in [5.41, 5.74) is 2.32. The number of nitrogens with one attached hydrogen (secondary N) is 1. The predicted molar refractivity (Wildman–Crippen MR) is 85.2 cm³/mol. The average molecular weight is 315 g/mol. The van der Waals surface area contributed by atoms with Crippen molar-refractivity contribution < 1.29 is 14.7 Å². The summed E-state index contributed by atoms with van der Waals surface area (Å²) in [6, 6.07) is 7.75. The number of aryl methyl sites for hydroxylation is 1. The molecule has 0 aliphatic heterocycles. The number of hydrogen-bond donors (Lipinski definition) is 2. The van der Waals surface area contributed by atoms with Crippen molar-refractivity contribution in [2.45, 2.75) is 31.7 Å². The van der Waals surface area contributed by atoms with Crippen LogP contribution in [0.15, 0.2) is 35.7 Å². The number of amides is 1. The number of fused-ring (bicyclic) bond motifs is 1. The van der Waals surface area contributed by atoms with Gasteiger partial charge in [0.25, 0.3) is 5.91 Å². The molecule has 1 aliphatic carbocycles. The van der Waals surface area contributed by atoms with E-state index in [-0.39, 0.29) is 5.91 Å². The third-order valence-electron chi connectivity index (χ3n) is 3.96. The standard InChI is InChI=1S/C17H17NO3S/c19-16(13-10-22-14-9-5-4-8-12(13)14)18-15(17(20)21)11-6-2-1-3-7-11/h1-3,6-7,10,15H,4-5,8-9H2,(H,18,19)(H,20,21)/t15-/m0/s1. The highest BCUT2D eigenvalue weighted by Crippen LogP contribution is 2.30. The minimum absolute atomic E-state index is 0.296. The lowest BCUT2D eigenvalue weighted by molar-refractivity contribution is -0.139. The molecular weight excluding hydrogens is 298 g/mol. The number of carboxylic acid groups (broad SMARTS) is 1. The van der Waals surface area contributed by atoms with Gasteiger partial charge in [-0.2, -0.15) is 0 Å². The molecule has 1 aliphatic rings. The third-order valence-corrected chi connectivity index (χ3v) is 5.05. The molecule has 0 unspecified atom stereocenters. The fourth-order valence-electron chi connectivity index (χ4n) is 2.83. The van der Waals surface area contributed by atoms with E-state index in [1.807, 2.05) is 11.4 Å². The molecule has 1 amide bonds. The number of rotatable bonds is 4. The van der Waals surface area contributed by atoms with E-state index in [0.717, 1.165) is 31.2 Å². The summed E-state index contributed by atoms with van der Waals surface area (Å²) in [5, 5.41) is 13.9. The van der Waals surface area contributed by atoms with Gasteiger partial charge in [-0.05, 0) is 36.8 Å². The number of aliphatic carboxylic acids is 1. The van der Waals surface area contributed by atoms with Crippen molar-refractivity contribution in [2.75, 3.05) is 0 Å². The van der Waals surface area contributed by atoms with Gasteiger partial charge >= 0.3 is 5.97 Å². The molecule has 22 heavy (non-hydrogen) atoms. The van der Waals surface area contributed by atoms with E-state index in [1.54, 1.807) is 35.6 Å². The molecule has 0 saturated carbocycles. The molecule has 1 atom stereocenters. The largest absolute Gasteiger partial charge is 0.479 e. The molecule has 2 aromatic rings. The van der Waals surface area contributed by atoms with E-state index in [4.69, 9.17) is 0 Å². The van der Waals surface area contributed by atoms with Crippen molar-refractivity contribution in [1.82, 2.24) is 5.32 Å². The van der Waals surface area contributed by atoms with Crippen LogP contribution in [0.2, 0.25) is 0 Å². The van der Waals surface area contributed by atoms with Gasteiger partial charge in [-0.3, -0.25) is 4.79 Å². The molecule has 0 saturated heterocycles. The zero-order valence-electron chi connectivity index (χ0n) is 12.0. The second-order valence-corrected chi connectivity index (χ2v) is 6.38. The van der Waals surface area contributed by atoms with Crippen LogP contribution < -0.4 is 5.32 Å². The van der Waals surface area contributed by atoms with Gasteiger partial charge in [0.2, 0.25) is 0 Å². The van der Waals surface area contributed by atoms with Crippen molar-refractivity contribution >= 4 is 23.2 Å². The summed E-state index contributed by atoms with van der Waals surface area (Å²) in [6.45, 7) is 0. The number of carbonyl (C=O) groups is 2. The highest BCUT2D eigenvalue weighted by atomic mass is 32.1. The fraction of sp³-hybridized carbons (Fsp3) is 0.294. The van der Waals surface area contributed by atoms with Crippen molar-refractivity contribution in [3.8, 4) is 0 Å². The van der Waals surface area contributed by atoms with Crippen LogP contribution in [0.4, 0.5) is 0 Å². The van der Waals surface area contributed by atoms with Gasteiger partial charge in [-0.15, -0.1) is 11.3 Å². The molecule has 1 heterocycles. The maximum absolute atomic E-state index is 12.5. The Bertz CT molecular complexity index is 693. The van der Waals surface area contributed by atoms with E-state index in [2.05, 4.69) is 5.32 Å². The highest BCUT2D eigenvalue weighted by Gasteiger charge is 2.25. The Kier molecular flexibility index (Phi) is 4.24. The third kappa shape index (κ3) is 2.90. The lowest BCUT2D eigenvalue weighted by Gasteiger charge is -2.16. The maximum atomic E-state index is 12.5. The van der Waals surface area contributed by atoms with Gasteiger partial charge < -0.3 is 10.4 Å². The Labute approximate surface area is 132 Å². The number of hydrogen-bond acceptors (Lipinski definition) is 3. The fourth-order valence-corrected chi connectivity index (χ4v) is 3.95. The first kappa shape index (κ1) is 14.8. The van der Waals surface area contributed by atoms with Crippen molar-refractivity contribution in [3.05, 3.63) is 57.3 Å². The van der Waals surface area contributed by atoms with E-state index in [1.165, 1.54) is 4.88 Å². The smallest absolute Gasteiger partial charge is 0.330 e. The molecule has 2 N–H and O–H groups in total. The zero-order chi connectivity index (χ0) is 15.5. The molecule has 0 fully saturated rings. The van der Waals surface area contributed by atoms with Gasteiger partial charge in [-0.1, -0.05) is 30.3 Å². The molecule has 0 spiro atoms. The molecule has 1 aromatic heterocycles. The van der Waals surface area contributed by atoms with Gasteiger partial charge in [0.05, 0.1) is 5.56 Å². The first-order valence-electron chi connectivity index (χ1n) is 7.34. The number of thiophene rings is 1. The molecule has 3 rings (SSSR count). The van der Waals surface area contributed by atoms with Crippen molar-refractivity contribution in [1.29, 1.82) is 0 Å². The van der Waals surface area contributed by atoms with Crippen LogP contribution in [-0.2, 0) is 17.6 Å². The predicted octanol–water partition coefficient (Wildman–Crippen LogP) is 3.18. The minimum Gasteiger partial charge on any atom is -0.479 e. The maximum Gasteiger partial charge on any atom is 0.330 e. The van der Waals surface area contributed by atoms with E-state index < -0.39 is 12.0 Å². The Morgan fingerprint density at radius 2 is 1.86 bits per heavy atom. The monoisotopic (exact) mass is 315 g/mol. The second kappa shape index (κ2) is 6.32. The Morgan fingerprint density at radius 3 is 2.59 bits per heavy atom. The van der Waals surface area contributed by atoms with Crippen LogP contribution in [0.3, 0.4) is 0 Å². The van der Waals surface area contributed by atoms with E-state index >= 15 is 0 Å². The number of carbonyl (C=O) groups excluding carboxylic acids is 1. The van der Waals surface area contributed by atoms with Crippen LogP contribution in [-0.4, -0.2) is 17.0 Å². The molecule has 1 aromatic carbocycles. The molecule has 0 radical (unpaired) electrons. The number of carboxylic acids is 1. The Morgan fingerprint density at radius 1 is 1.14 bits per heavy atom. The first-order valence-corrected chi connectivity index (χ1v) is 8.22. The van der Waals surface area contributed by atoms with Gasteiger partial charge in [0.1, 0.15) is 0 Å². The van der Waals surface area contributed by atoms with Crippen LogP contribution in [0.25, 0.3) is 0 Å². The molecule has 4 nitrogen and oxygen atoms in total. The van der Waals surface area contributed by atoms with Crippen LogP contribution >= 0.6 is 11.3 Å². The summed E-state index contributed by atoms with van der Waals surface area (Å²) in [6.07, 6.45) is 4.18. The van der Waals surface area contributed by atoms with Gasteiger partial charge in [0.15, 0.2) is 6.04 Å². The normalized spacial score (nSPS) is 14.9. The van der Waals surface area contributed by atoms with Crippen LogP contribution in [0, 0.1) is 0 Å². The van der Waals surface area contributed by atoms with E-state index in [9.17, 15) is 14.7 Å². The Balaban J connectivity index is 1.83. The minimum atomic E-state index is -1.05. The molecule has 114 valence electrons. The first-order chi connectivity index (χ1) is 10.7.